The maximum Gasteiger partial charge on any atom is 0.164 e. The number of benzene rings is 1. The molecular weight excluding hydrogens is 324 g/mol. The SMILES string of the molecule is C=C(C)/C(=C\C=C(C)C)COc1ccc2c(c1OC)CC=C2CC(C)=O. The highest BCUT2D eigenvalue weighted by molar-refractivity contribution is 5.91. The van der Waals surface area contributed by atoms with Gasteiger partial charge in [0.05, 0.1) is 7.11 Å². The Morgan fingerprint density at radius 3 is 2.50 bits per heavy atom. The molecule has 1 aliphatic rings. The van der Waals surface area contributed by atoms with E-state index >= 15 is 0 Å². The molecular formula is C23H28O3. The topological polar surface area (TPSA) is 35.5 Å². The molecule has 1 aromatic carbocycles. The van der Waals surface area contributed by atoms with E-state index in [-0.39, 0.29) is 5.78 Å². The van der Waals surface area contributed by atoms with E-state index in [4.69, 9.17) is 9.47 Å². The van der Waals surface area contributed by atoms with Crippen molar-refractivity contribution >= 4 is 11.4 Å². The molecule has 138 valence electrons. The van der Waals surface area contributed by atoms with Crippen LogP contribution in [-0.4, -0.2) is 19.5 Å². The number of hydrogen-bond acceptors (Lipinski definition) is 3. The second kappa shape index (κ2) is 8.70. The number of hydrogen-bond donors (Lipinski definition) is 0. The van der Waals surface area contributed by atoms with Gasteiger partial charge in [-0.25, -0.2) is 0 Å². The maximum atomic E-state index is 11.5. The fourth-order valence-corrected chi connectivity index (χ4v) is 2.95. The van der Waals surface area contributed by atoms with Gasteiger partial charge in [-0.2, -0.15) is 0 Å². The number of carbonyl (C=O) groups is 1. The minimum absolute atomic E-state index is 0.166. The van der Waals surface area contributed by atoms with E-state index in [0.29, 0.717) is 18.8 Å². The van der Waals surface area contributed by atoms with Crippen molar-refractivity contribution in [2.75, 3.05) is 13.7 Å². The number of rotatable bonds is 8. The van der Waals surface area contributed by atoms with Crippen molar-refractivity contribution in [2.45, 2.75) is 40.5 Å². The predicted octanol–water partition coefficient (Wildman–Crippen LogP) is 5.46. The van der Waals surface area contributed by atoms with Gasteiger partial charge in [0.25, 0.3) is 0 Å². The Labute approximate surface area is 156 Å². The van der Waals surface area contributed by atoms with Crippen molar-refractivity contribution in [3.05, 3.63) is 64.8 Å². The lowest BCUT2D eigenvalue weighted by atomic mass is 10.0. The van der Waals surface area contributed by atoms with Crippen LogP contribution in [0.5, 0.6) is 11.5 Å². The summed E-state index contributed by atoms with van der Waals surface area (Å²) in [6.45, 7) is 12.2. The molecule has 0 heterocycles. The Kier molecular flexibility index (Phi) is 6.62. The zero-order valence-electron chi connectivity index (χ0n) is 16.4. The Morgan fingerprint density at radius 2 is 1.92 bits per heavy atom. The molecule has 1 aromatic rings. The molecule has 0 atom stereocenters. The van der Waals surface area contributed by atoms with Crippen molar-refractivity contribution in [2.24, 2.45) is 0 Å². The van der Waals surface area contributed by atoms with Crippen LogP contribution in [0.15, 0.2) is 53.7 Å². The summed E-state index contributed by atoms with van der Waals surface area (Å²) < 4.78 is 11.7. The van der Waals surface area contributed by atoms with Crippen molar-refractivity contribution in [1.29, 1.82) is 0 Å². The lowest BCUT2D eigenvalue weighted by Crippen LogP contribution is -2.05. The quantitative estimate of drug-likeness (QED) is 0.583. The number of Topliss-reactive ketones (excluding diaryl/α,β-unsaturated/α-hetero) is 1. The fraction of sp³-hybridized carbons (Fsp3) is 0.348. The van der Waals surface area contributed by atoms with Gasteiger partial charge in [0, 0.05) is 12.0 Å². The molecule has 0 unspecified atom stereocenters. The zero-order chi connectivity index (χ0) is 19.3. The van der Waals surface area contributed by atoms with Gasteiger partial charge in [-0.15, -0.1) is 0 Å². The van der Waals surface area contributed by atoms with Crippen LogP contribution in [0.2, 0.25) is 0 Å². The van der Waals surface area contributed by atoms with Crippen LogP contribution < -0.4 is 9.47 Å². The van der Waals surface area contributed by atoms with Gasteiger partial charge in [0.2, 0.25) is 0 Å². The van der Waals surface area contributed by atoms with Crippen molar-refractivity contribution in [3.8, 4) is 11.5 Å². The van der Waals surface area contributed by atoms with Gasteiger partial charge in [0.15, 0.2) is 11.5 Å². The fourth-order valence-electron chi connectivity index (χ4n) is 2.95. The van der Waals surface area contributed by atoms with Crippen LogP contribution >= 0.6 is 0 Å². The van der Waals surface area contributed by atoms with Crippen LogP contribution in [0.4, 0.5) is 0 Å². The molecule has 0 bridgehead atoms. The summed E-state index contributed by atoms with van der Waals surface area (Å²) in [4.78, 5) is 11.5. The number of allylic oxidation sites excluding steroid dienone is 5. The van der Waals surface area contributed by atoms with E-state index < -0.39 is 0 Å². The summed E-state index contributed by atoms with van der Waals surface area (Å²) in [5.41, 5.74) is 6.50. The Hall–Kier alpha value is -2.55. The van der Waals surface area contributed by atoms with Gasteiger partial charge < -0.3 is 9.47 Å². The van der Waals surface area contributed by atoms with E-state index in [1.807, 2.05) is 25.1 Å². The number of carbonyl (C=O) groups excluding carboxylic acids is 1. The minimum atomic E-state index is 0.166. The van der Waals surface area contributed by atoms with Crippen LogP contribution in [0.1, 0.15) is 45.2 Å². The second-order valence-electron chi connectivity index (χ2n) is 6.94. The summed E-state index contributed by atoms with van der Waals surface area (Å²) in [6.07, 6.45) is 7.43. The number of fused-ring (bicyclic) bond motifs is 1. The van der Waals surface area contributed by atoms with Crippen LogP contribution in [0.25, 0.3) is 5.57 Å². The summed E-state index contributed by atoms with van der Waals surface area (Å²) in [5.74, 6) is 1.63. The maximum absolute atomic E-state index is 11.5. The lowest BCUT2D eigenvalue weighted by molar-refractivity contribution is -0.116. The van der Waals surface area contributed by atoms with E-state index in [0.717, 1.165) is 40.0 Å². The molecule has 0 aliphatic heterocycles. The molecule has 26 heavy (non-hydrogen) atoms. The average Bonchev–Trinajstić information content (AvgIpc) is 2.96. The van der Waals surface area contributed by atoms with Crippen molar-refractivity contribution < 1.29 is 14.3 Å². The van der Waals surface area contributed by atoms with Crippen LogP contribution in [-0.2, 0) is 11.2 Å². The summed E-state index contributed by atoms with van der Waals surface area (Å²) in [5, 5.41) is 0. The first-order valence-corrected chi connectivity index (χ1v) is 8.85. The normalized spacial score (nSPS) is 13.0. The van der Waals surface area contributed by atoms with E-state index in [1.54, 1.807) is 14.0 Å². The highest BCUT2D eigenvalue weighted by Crippen LogP contribution is 2.41. The smallest absolute Gasteiger partial charge is 0.164 e. The number of ether oxygens (including phenoxy) is 2. The first-order valence-electron chi connectivity index (χ1n) is 8.85. The highest BCUT2D eigenvalue weighted by atomic mass is 16.5. The van der Waals surface area contributed by atoms with Crippen molar-refractivity contribution in [3.63, 3.8) is 0 Å². The largest absolute Gasteiger partial charge is 0.493 e. The first-order chi connectivity index (χ1) is 12.3. The molecule has 0 spiro atoms. The van der Waals surface area contributed by atoms with Crippen LogP contribution in [0.3, 0.4) is 0 Å². The van der Waals surface area contributed by atoms with E-state index in [9.17, 15) is 4.79 Å². The van der Waals surface area contributed by atoms with Gasteiger partial charge in [-0.05, 0) is 56.9 Å². The monoisotopic (exact) mass is 352 g/mol. The third kappa shape index (κ3) is 4.75. The summed E-state index contributed by atoms with van der Waals surface area (Å²) in [6, 6.07) is 3.95. The molecule has 0 N–H and O–H groups in total. The number of methoxy groups -OCH3 is 1. The zero-order valence-corrected chi connectivity index (χ0v) is 16.4. The molecule has 0 aromatic heterocycles. The molecule has 3 nitrogen and oxygen atoms in total. The second-order valence-corrected chi connectivity index (χ2v) is 6.94. The molecule has 0 saturated heterocycles. The molecule has 2 rings (SSSR count). The minimum Gasteiger partial charge on any atom is -0.493 e. The van der Waals surface area contributed by atoms with Gasteiger partial charge in [-0.1, -0.05) is 42.0 Å². The summed E-state index contributed by atoms with van der Waals surface area (Å²) in [7, 11) is 1.66. The Balaban J connectivity index is 2.24. The Bertz CT molecular complexity index is 803. The number of ketones is 1. The molecule has 0 radical (unpaired) electrons. The van der Waals surface area contributed by atoms with Crippen molar-refractivity contribution in [1.82, 2.24) is 0 Å². The van der Waals surface area contributed by atoms with Crippen LogP contribution in [0, 0.1) is 0 Å². The third-order valence-corrected chi connectivity index (χ3v) is 4.32. The predicted molar refractivity (Wildman–Crippen MR) is 108 cm³/mol. The third-order valence-electron chi connectivity index (χ3n) is 4.32. The average molecular weight is 352 g/mol. The van der Waals surface area contributed by atoms with Gasteiger partial charge >= 0.3 is 0 Å². The van der Waals surface area contributed by atoms with E-state index in [1.165, 1.54) is 5.57 Å². The summed E-state index contributed by atoms with van der Waals surface area (Å²) >= 11 is 0. The molecule has 1 aliphatic carbocycles. The lowest BCUT2D eigenvalue weighted by Gasteiger charge is -2.16. The highest BCUT2D eigenvalue weighted by Gasteiger charge is 2.22. The first kappa shape index (κ1) is 19.8. The molecule has 0 fully saturated rings. The van der Waals surface area contributed by atoms with Gasteiger partial charge in [0.1, 0.15) is 12.4 Å². The standard InChI is InChI=1S/C23H28O3/c1-15(2)7-8-19(16(3)4)14-26-22-12-11-20-18(13-17(5)24)9-10-21(20)23(22)25-6/h7-9,11-12H,3,10,13-14H2,1-2,4-6H3/b19-8-. The van der Waals surface area contributed by atoms with E-state index in [2.05, 4.69) is 32.6 Å². The molecule has 0 amide bonds. The molecule has 3 heteroatoms. The van der Waals surface area contributed by atoms with Gasteiger partial charge in [-0.3, -0.25) is 4.79 Å². The Morgan fingerprint density at radius 1 is 1.19 bits per heavy atom. The molecule has 0 saturated carbocycles.